The lowest BCUT2D eigenvalue weighted by atomic mass is 10.0. The first-order chi connectivity index (χ1) is 7.72. The Morgan fingerprint density at radius 2 is 2.44 bits per heavy atom. The molecule has 0 aliphatic carbocycles. The Balaban J connectivity index is 2.08. The average molecular weight is 221 g/mol. The number of likely N-dealkylation sites (tertiary alicyclic amines) is 1. The van der Waals surface area contributed by atoms with Gasteiger partial charge in [-0.3, -0.25) is 4.90 Å². The van der Waals surface area contributed by atoms with Crippen LogP contribution in [0.25, 0.3) is 0 Å². The first kappa shape index (κ1) is 11.4. The highest BCUT2D eigenvalue weighted by Gasteiger charge is 2.30. The number of rotatable bonds is 3. The van der Waals surface area contributed by atoms with Crippen LogP contribution in [0.15, 0.2) is 18.3 Å². The fraction of sp³-hybridized carbons (Fsp3) is 0.583. The first-order valence-electron chi connectivity index (χ1n) is 5.76. The Bertz CT molecular complexity index is 356. The molecule has 2 rings (SSSR count). The van der Waals surface area contributed by atoms with Crippen molar-refractivity contribution in [2.75, 3.05) is 18.9 Å². The second-order valence-electron chi connectivity index (χ2n) is 4.53. The van der Waals surface area contributed by atoms with E-state index in [0.29, 0.717) is 11.7 Å². The van der Waals surface area contributed by atoms with Crippen molar-refractivity contribution in [1.29, 1.82) is 0 Å². The number of aliphatic hydroxyl groups is 1. The summed E-state index contributed by atoms with van der Waals surface area (Å²) in [4.78, 5) is 6.37. The van der Waals surface area contributed by atoms with Gasteiger partial charge in [-0.05, 0) is 24.9 Å². The molecule has 0 radical (unpaired) electrons. The Kier molecular flexibility index (Phi) is 3.41. The highest BCUT2D eigenvalue weighted by molar-refractivity contribution is 5.38. The van der Waals surface area contributed by atoms with Gasteiger partial charge in [-0.15, -0.1) is 0 Å². The van der Waals surface area contributed by atoms with Gasteiger partial charge in [-0.1, -0.05) is 13.0 Å². The SMILES string of the molecule is CC1CCN(Cc2cccnc2N)C1CO. The van der Waals surface area contributed by atoms with E-state index in [2.05, 4.69) is 16.8 Å². The number of hydrogen-bond donors (Lipinski definition) is 2. The minimum Gasteiger partial charge on any atom is -0.395 e. The van der Waals surface area contributed by atoms with Gasteiger partial charge in [0.25, 0.3) is 0 Å². The lowest BCUT2D eigenvalue weighted by Crippen LogP contribution is -2.34. The van der Waals surface area contributed by atoms with Gasteiger partial charge in [-0.2, -0.15) is 0 Å². The van der Waals surface area contributed by atoms with Crippen LogP contribution in [0, 0.1) is 5.92 Å². The average Bonchev–Trinajstić information content (AvgIpc) is 2.63. The fourth-order valence-electron chi connectivity index (χ4n) is 2.38. The zero-order chi connectivity index (χ0) is 11.5. The van der Waals surface area contributed by atoms with Gasteiger partial charge >= 0.3 is 0 Å². The van der Waals surface area contributed by atoms with Crippen LogP contribution in [0.3, 0.4) is 0 Å². The molecule has 0 aromatic carbocycles. The van der Waals surface area contributed by atoms with Gasteiger partial charge < -0.3 is 10.8 Å². The Labute approximate surface area is 96.1 Å². The fourth-order valence-corrected chi connectivity index (χ4v) is 2.38. The van der Waals surface area contributed by atoms with E-state index in [9.17, 15) is 5.11 Å². The smallest absolute Gasteiger partial charge is 0.127 e. The minimum atomic E-state index is 0.224. The van der Waals surface area contributed by atoms with Crippen LogP contribution in [0.1, 0.15) is 18.9 Å². The predicted octanol–water partition coefficient (Wildman–Crippen LogP) is 0.866. The van der Waals surface area contributed by atoms with Gasteiger partial charge in [-0.25, -0.2) is 4.98 Å². The normalized spacial score (nSPS) is 26.1. The van der Waals surface area contributed by atoms with E-state index in [1.54, 1.807) is 6.20 Å². The second kappa shape index (κ2) is 4.80. The van der Waals surface area contributed by atoms with Crippen molar-refractivity contribution < 1.29 is 5.11 Å². The number of nitrogens with two attached hydrogens (primary N) is 1. The van der Waals surface area contributed by atoms with E-state index in [1.165, 1.54) is 0 Å². The van der Waals surface area contributed by atoms with Crippen molar-refractivity contribution in [2.24, 2.45) is 5.92 Å². The molecule has 2 heterocycles. The molecule has 16 heavy (non-hydrogen) atoms. The molecule has 1 aliphatic heterocycles. The molecule has 1 fully saturated rings. The number of nitrogen functional groups attached to an aromatic ring is 1. The van der Waals surface area contributed by atoms with Crippen molar-refractivity contribution in [3.05, 3.63) is 23.9 Å². The lowest BCUT2D eigenvalue weighted by molar-refractivity contribution is 0.134. The van der Waals surface area contributed by atoms with E-state index in [-0.39, 0.29) is 12.6 Å². The summed E-state index contributed by atoms with van der Waals surface area (Å²) in [5, 5.41) is 9.37. The third-order valence-electron chi connectivity index (χ3n) is 3.48. The van der Waals surface area contributed by atoms with Crippen molar-refractivity contribution >= 4 is 5.82 Å². The molecule has 4 nitrogen and oxygen atoms in total. The third-order valence-corrected chi connectivity index (χ3v) is 3.48. The summed E-state index contributed by atoms with van der Waals surface area (Å²) in [6.07, 6.45) is 2.85. The number of nitrogens with zero attached hydrogens (tertiary/aromatic N) is 2. The Morgan fingerprint density at radius 1 is 1.62 bits per heavy atom. The van der Waals surface area contributed by atoms with Gasteiger partial charge in [0.1, 0.15) is 5.82 Å². The quantitative estimate of drug-likeness (QED) is 0.795. The van der Waals surface area contributed by atoms with E-state index in [0.717, 1.165) is 25.1 Å². The summed E-state index contributed by atoms with van der Waals surface area (Å²) >= 11 is 0. The van der Waals surface area contributed by atoms with Crippen molar-refractivity contribution in [3.63, 3.8) is 0 Å². The summed E-state index contributed by atoms with van der Waals surface area (Å²) in [7, 11) is 0. The molecular formula is C12H19N3O. The highest BCUT2D eigenvalue weighted by Crippen LogP contribution is 2.26. The van der Waals surface area contributed by atoms with Gasteiger partial charge in [0.05, 0.1) is 6.61 Å². The number of anilines is 1. The number of aliphatic hydroxyl groups excluding tert-OH is 1. The van der Waals surface area contributed by atoms with Gasteiger partial charge in [0, 0.05) is 24.3 Å². The molecule has 1 aromatic rings. The molecule has 2 atom stereocenters. The molecule has 1 aliphatic rings. The molecule has 4 heteroatoms. The molecular weight excluding hydrogens is 202 g/mol. The van der Waals surface area contributed by atoms with Crippen molar-refractivity contribution in [2.45, 2.75) is 25.9 Å². The van der Waals surface area contributed by atoms with Crippen LogP contribution in [-0.4, -0.2) is 34.2 Å². The molecule has 88 valence electrons. The second-order valence-corrected chi connectivity index (χ2v) is 4.53. The topological polar surface area (TPSA) is 62.4 Å². The maximum absolute atomic E-state index is 9.37. The summed E-state index contributed by atoms with van der Waals surface area (Å²) in [6.45, 7) is 4.23. The predicted molar refractivity (Wildman–Crippen MR) is 63.7 cm³/mol. The zero-order valence-corrected chi connectivity index (χ0v) is 9.63. The molecule has 0 spiro atoms. The summed E-state index contributed by atoms with van der Waals surface area (Å²) < 4.78 is 0. The minimum absolute atomic E-state index is 0.224. The van der Waals surface area contributed by atoms with Gasteiger partial charge in [0.15, 0.2) is 0 Å². The summed E-state index contributed by atoms with van der Waals surface area (Å²) in [5.74, 6) is 1.15. The number of pyridine rings is 1. The highest BCUT2D eigenvalue weighted by atomic mass is 16.3. The van der Waals surface area contributed by atoms with Crippen molar-refractivity contribution in [3.8, 4) is 0 Å². The Hall–Kier alpha value is -1.13. The van der Waals surface area contributed by atoms with Crippen LogP contribution in [0.4, 0.5) is 5.82 Å². The summed E-state index contributed by atoms with van der Waals surface area (Å²) in [6, 6.07) is 4.17. The van der Waals surface area contributed by atoms with Crippen LogP contribution < -0.4 is 5.73 Å². The largest absolute Gasteiger partial charge is 0.395 e. The molecule has 0 saturated carbocycles. The molecule has 1 aromatic heterocycles. The van der Waals surface area contributed by atoms with Gasteiger partial charge in [0.2, 0.25) is 0 Å². The van der Waals surface area contributed by atoms with Crippen molar-refractivity contribution in [1.82, 2.24) is 9.88 Å². The van der Waals surface area contributed by atoms with Crippen LogP contribution in [0.2, 0.25) is 0 Å². The molecule has 1 saturated heterocycles. The molecule has 0 bridgehead atoms. The first-order valence-corrected chi connectivity index (χ1v) is 5.76. The maximum atomic E-state index is 9.37. The lowest BCUT2D eigenvalue weighted by Gasteiger charge is -2.25. The van der Waals surface area contributed by atoms with E-state index >= 15 is 0 Å². The number of aromatic nitrogens is 1. The number of hydrogen-bond acceptors (Lipinski definition) is 4. The standard InChI is InChI=1S/C12H19N3O/c1-9-4-6-15(11(9)8-16)7-10-3-2-5-14-12(10)13/h2-3,5,9,11,16H,4,6-8H2,1H3,(H2,13,14). The molecule has 3 N–H and O–H groups in total. The monoisotopic (exact) mass is 221 g/mol. The van der Waals surface area contributed by atoms with Crippen LogP contribution >= 0.6 is 0 Å². The van der Waals surface area contributed by atoms with Crippen LogP contribution in [-0.2, 0) is 6.54 Å². The zero-order valence-electron chi connectivity index (χ0n) is 9.63. The molecule has 2 unspecified atom stereocenters. The van der Waals surface area contributed by atoms with Crippen LogP contribution in [0.5, 0.6) is 0 Å². The summed E-state index contributed by atoms with van der Waals surface area (Å²) in [5.41, 5.74) is 6.87. The van der Waals surface area contributed by atoms with E-state index < -0.39 is 0 Å². The maximum Gasteiger partial charge on any atom is 0.127 e. The third kappa shape index (κ3) is 2.18. The van der Waals surface area contributed by atoms with E-state index in [4.69, 9.17) is 5.73 Å². The van der Waals surface area contributed by atoms with E-state index in [1.807, 2.05) is 12.1 Å². The molecule has 0 amide bonds. The Morgan fingerprint density at radius 3 is 3.12 bits per heavy atom.